The van der Waals surface area contributed by atoms with E-state index in [2.05, 4.69) is 16.2 Å². The van der Waals surface area contributed by atoms with Gasteiger partial charge in [-0.1, -0.05) is 24.3 Å². The highest BCUT2D eigenvalue weighted by atomic mass is 32.1. The summed E-state index contributed by atoms with van der Waals surface area (Å²) in [6.45, 7) is 0.623. The molecule has 0 saturated carbocycles. The molecule has 3 aromatic carbocycles. The number of amides is 2. The number of nitrogens with zero attached hydrogens (tertiary/aromatic N) is 1. The van der Waals surface area contributed by atoms with E-state index in [1.54, 1.807) is 24.3 Å². The zero-order chi connectivity index (χ0) is 24.3. The van der Waals surface area contributed by atoms with Gasteiger partial charge in [0.05, 0.1) is 4.92 Å². The molecule has 0 aliphatic rings. The Labute approximate surface area is 200 Å². The van der Waals surface area contributed by atoms with E-state index in [0.717, 1.165) is 5.75 Å². The van der Waals surface area contributed by atoms with E-state index in [1.165, 1.54) is 24.3 Å². The van der Waals surface area contributed by atoms with Crippen molar-refractivity contribution in [1.82, 2.24) is 16.2 Å². The van der Waals surface area contributed by atoms with Crippen molar-refractivity contribution < 1.29 is 24.0 Å². The van der Waals surface area contributed by atoms with Crippen LogP contribution in [0.4, 0.5) is 5.69 Å². The van der Waals surface area contributed by atoms with Crippen LogP contribution in [0.1, 0.15) is 20.7 Å². The van der Waals surface area contributed by atoms with Gasteiger partial charge in [-0.15, -0.1) is 0 Å². The van der Waals surface area contributed by atoms with Crippen molar-refractivity contribution in [3.63, 3.8) is 0 Å². The first kappa shape index (κ1) is 24.1. The number of non-ortho nitro benzene ring substituents is 1. The highest BCUT2D eigenvalue weighted by molar-refractivity contribution is 7.80. The Hall–Kier alpha value is -4.51. The van der Waals surface area contributed by atoms with Crippen molar-refractivity contribution in [3.05, 3.63) is 100 Å². The monoisotopic (exact) mass is 480 g/mol. The number of ether oxygens (including phenoxy) is 2. The van der Waals surface area contributed by atoms with Crippen LogP contribution < -0.4 is 25.6 Å². The number of para-hydroxylation sites is 1. The lowest BCUT2D eigenvalue weighted by Gasteiger charge is -2.12. The number of nitro groups is 1. The lowest BCUT2D eigenvalue weighted by atomic mass is 10.2. The number of carbonyl (C=O) groups excluding carboxylic acids is 2. The average Bonchev–Trinajstić information content (AvgIpc) is 2.86. The molecule has 3 aromatic rings. The highest BCUT2D eigenvalue weighted by Crippen LogP contribution is 2.14. The number of rotatable bonds is 8. The van der Waals surface area contributed by atoms with Crippen molar-refractivity contribution in [2.24, 2.45) is 0 Å². The number of nitro benzene ring substituents is 1. The average molecular weight is 481 g/mol. The quantitative estimate of drug-likeness (QED) is 0.194. The summed E-state index contributed by atoms with van der Waals surface area (Å²) in [4.78, 5) is 34.7. The number of thiocarbonyl (C=S) groups is 1. The number of hydrogen-bond donors (Lipinski definition) is 3. The van der Waals surface area contributed by atoms with E-state index >= 15 is 0 Å². The maximum absolute atomic E-state index is 12.4. The summed E-state index contributed by atoms with van der Waals surface area (Å²) in [6.07, 6.45) is 0. The molecule has 0 fully saturated rings. The van der Waals surface area contributed by atoms with Gasteiger partial charge in [-0.05, 0) is 54.7 Å². The summed E-state index contributed by atoms with van der Waals surface area (Å²) in [5.74, 6) is 0.128. The lowest BCUT2D eigenvalue weighted by Crippen LogP contribution is -2.48. The fraction of sp³-hybridized carbons (Fsp3) is 0.0870. The van der Waals surface area contributed by atoms with Gasteiger partial charge >= 0.3 is 0 Å². The first-order valence-corrected chi connectivity index (χ1v) is 10.4. The van der Waals surface area contributed by atoms with Crippen LogP contribution in [-0.2, 0) is 0 Å². The molecule has 0 aliphatic carbocycles. The van der Waals surface area contributed by atoms with Crippen LogP contribution >= 0.6 is 12.2 Å². The molecule has 0 atom stereocenters. The topological polar surface area (TPSA) is 132 Å². The Balaban J connectivity index is 1.43. The van der Waals surface area contributed by atoms with Gasteiger partial charge in [0.1, 0.15) is 24.7 Å². The summed E-state index contributed by atoms with van der Waals surface area (Å²) < 4.78 is 11.2. The van der Waals surface area contributed by atoms with Crippen molar-refractivity contribution in [1.29, 1.82) is 0 Å². The number of benzene rings is 3. The van der Waals surface area contributed by atoms with Gasteiger partial charge in [-0.25, -0.2) is 0 Å². The van der Waals surface area contributed by atoms with E-state index < -0.39 is 16.7 Å². The predicted molar refractivity (Wildman–Crippen MR) is 128 cm³/mol. The molecule has 0 radical (unpaired) electrons. The molecule has 0 aliphatic heterocycles. The van der Waals surface area contributed by atoms with Crippen molar-refractivity contribution in [2.45, 2.75) is 0 Å². The van der Waals surface area contributed by atoms with Crippen LogP contribution in [0.25, 0.3) is 0 Å². The van der Waals surface area contributed by atoms with E-state index in [4.69, 9.17) is 21.7 Å². The second-order valence-corrected chi connectivity index (χ2v) is 7.11. The van der Waals surface area contributed by atoms with Gasteiger partial charge in [0.2, 0.25) is 0 Å². The molecule has 0 heterocycles. The zero-order valence-electron chi connectivity index (χ0n) is 17.7. The number of hydrazine groups is 1. The van der Waals surface area contributed by atoms with E-state index in [1.807, 2.05) is 30.3 Å². The normalized spacial score (nSPS) is 10.0. The van der Waals surface area contributed by atoms with Gasteiger partial charge < -0.3 is 9.47 Å². The zero-order valence-corrected chi connectivity index (χ0v) is 18.5. The molecule has 0 spiro atoms. The molecule has 0 unspecified atom stereocenters. The second-order valence-electron chi connectivity index (χ2n) is 6.70. The lowest BCUT2D eigenvalue weighted by molar-refractivity contribution is -0.384. The Bertz CT molecular complexity index is 1170. The van der Waals surface area contributed by atoms with Gasteiger partial charge in [0.15, 0.2) is 5.11 Å². The first-order valence-electron chi connectivity index (χ1n) is 9.99. The molecular formula is C23H20N4O6S. The molecular weight excluding hydrogens is 460 g/mol. The minimum atomic E-state index is -0.584. The SMILES string of the molecule is O=C(NNC(=S)NC(=O)c1cccc(OCCOc2ccccc2)c1)c1ccc([N+](=O)[O-])cc1. The third kappa shape index (κ3) is 7.28. The van der Waals surface area contributed by atoms with E-state index in [0.29, 0.717) is 17.9 Å². The first-order chi connectivity index (χ1) is 16.4. The van der Waals surface area contributed by atoms with Crippen LogP contribution in [0.5, 0.6) is 11.5 Å². The fourth-order valence-electron chi connectivity index (χ4n) is 2.69. The molecule has 3 rings (SSSR count). The summed E-state index contributed by atoms with van der Waals surface area (Å²) in [6, 6.07) is 20.8. The van der Waals surface area contributed by atoms with Crippen LogP contribution in [0.2, 0.25) is 0 Å². The predicted octanol–water partition coefficient (Wildman–Crippen LogP) is 3.00. The minimum Gasteiger partial charge on any atom is -0.490 e. The van der Waals surface area contributed by atoms with Crippen molar-refractivity contribution in [3.8, 4) is 11.5 Å². The summed E-state index contributed by atoms with van der Waals surface area (Å²) in [5, 5.41) is 13.0. The largest absolute Gasteiger partial charge is 0.490 e. The highest BCUT2D eigenvalue weighted by Gasteiger charge is 2.12. The van der Waals surface area contributed by atoms with Gasteiger partial charge in [0.25, 0.3) is 17.5 Å². The molecule has 10 nitrogen and oxygen atoms in total. The Morgan fingerprint density at radius 3 is 2.12 bits per heavy atom. The fourth-order valence-corrected chi connectivity index (χ4v) is 2.83. The molecule has 2 amide bonds. The van der Waals surface area contributed by atoms with Crippen molar-refractivity contribution >= 4 is 34.8 Å². The molecule has 3 N–H and O–H groups in total. The van der Waals surface area contributed by atoms with Crippen LogP contribution in [0.15, 0.2) is 78.9 Å². The molecule has 0 saturated heterocycles. The van der Waals surface area contributed by atoms with Gasteiger partial charge in [-0.3, -0.25) is 35.9 Å². The number of nitrogens with one attached hydrogen (secondary N) is 3. The third-order valence-electron chi connectivity index (χ3n) is 4.32. The Morgan fingerprint density at radius 2 is 1.44 bits per heavy atom. The summed E-state index contributed by atoms with van der Waals surface area (Å²) >= 11 is 5.02. The third-order valence-corrected chi connectivity index (χ3v) is 4.52. The van der Waals surface area contributed by atoms with E-state index in [-0.39, 0.29) is 23.0 Å². The number of carbonyl (C=O) groups is 2. The standard InChI is InChI=1S/C23H20N4O6S/c28-21(24-23(34)26-25-22(29)16-9-11-18(12-10-16)27(30)31)17-5-4-8-20(15-17)33-14-13-32-19-6-2-1-3-7-19/h1-12,15H,13-14H2,(H,25,29)(H2,24,26,28,34). The molecule has 0 bridgehead atoms. The number of hydrogen-bond acceptors (Lipinski definition) is 7. The minimum absolute atomic E-state index is 0.136. The molecule has 174 valence electrons. The molecule has 34 heavy (non-hydrogen) atoms. The smallest absolute Gasteiger partial charge is 0.269 e. The second kappa shape index (κ2) is 11.9. The maximum Gasteiger partial charge on any atom is 0.269 e. The summed E-state index contributed by atoms with van der Waals surface area (Å²) in [7, 11) is 0. The van der Waals surface area contributed by atoms with E-state index in [9.17, 15) is 19.7 Å². The van der Waals surface area contributed by atoms with Crippen LogP contribution in [-0.4, -0.2) is 35.1 Å². The maximum atomic E-state index is 12.4. The van der Waals surface area contributed by atoms with Gasteiger partial charge in [0, 0.05) is 23.3 Å². The Morgan fingerprint density at radius 1 is 0.794 bits per heavy atom. The van der Waals surface area contributed by atoms with Crippen molar-refractivity contribution in [2.75, 3.05) is 13.2 Å². The van der Waals surface area contributed by atoms with Gasteiger partial charge in [-0.2, -0.15) is 0 Å². The molecule has 11 heteroatoms. The Kier molecular flexibility index (Phi) is 8.47. The molecule has 0 aromatic heterocycles. The van der Waals surface area contributed by atoms with Crippen LogP contribution in [0, 0.1) is 10.1 Å². The summed E-state index contributed by atoms with van der Waals surface area (Å²) in [5.41, 5.74) is 5.06. The van der Waals surface area contributed by atoms with Crippen LogP contribution in [0.3, 0.4) is 0 Å².